The van der Waals surface area contributed by atoms with Crippen LogP contribution in [0.3, 0.4) is 0 Å². The number of nitrogens with two attached hydrogens (primary N) is 1. The Labute approximate surface area is 118 Å². The lowest BCUT2D eigenvalue weighted by Crippen LogP contribution is -2.34. The van der Waals surface area contributed by atoms with Crippen LogP contribution >= 0.6 is 27.3 Å². The molecule has 2 aromatic heterocycles. The predicted molar refractivity (Wildman–Crippen MR) is 74.1 cm³/mol. The van der Waals surface area contributed by atoms with Crippen LogP contribution in [-0.2, 0) is 11.3 Å². The number of carbonyl (C=O) groups excluding carboxylic acids is 1. The van der Waals surface area contributed by atoms with Gasteiger partial charge in [0.1, 0.15) is 11.8 Å². The first-order valence-electron chi connectivity index (χ1n) is 5.36. The fraction of sp³-hybridized carbons (Fsp3) is 0.250. The molecule has 0 fully saturated rings. The molecule has 6 heteroatoms. The van der Waals surface area contributed by atoms with Crippen LogP contribution in [0.2, 0.25) is 0 Å². The second-order valence-corrected chi connectivity index (χ2v) is 5.65. The molecule has 0 aliphatic rings. The van der Waals surface area contributed by atoms with Crippen molar-refractivity contribution >= 4 is 33.2 Å². The van der Waals surface area contributed by atoms with Crippen LogP contribution in [0.25, 0.3) is 0 Å². The zero-order valence-electron chi connectivity index (χ0n) is 9.80. The van der Waals surface area contributed by atoms with Gasteiger partial charge >= 0.3 is 0 Å². The number of hydrogen-bond donors (Lipinski definition) is 1. The third-order valence-corrected chi connectivity index (χ3v) is 3.90. The van der Waals surface area contributed by atoms with Gasteiger partial charge in [-0.1, -0.05) is 6.07 Å². The molecule has 0 aromatic carbocycles. The van der Waals surface area contributed by atoms with Crippen LogP contribution in [0.15, 0.2) is 38.7 Å². The summed E-state index contributed by atoms with van der Waals surface area (Å²) in [5.74, 6) is 0.598. The average molecular weight is 329 g/mol. The summed E-state index contributed by atoms with van der Waals surface area (Å²) in [7, 11) is 1.71. The Kier molecular flexibility index (Phi) is 4.21. The molecular weight excluding hydrogens is 316 g/mol. The first-order valence-corrected chi connectivity index (χ1v) is 7.03. The first-order chi connectivity index (χ1) is 8.58. The van der Waals surface area contributed by atoms with E-state index < -0.39 is 6.04 Å². The number of rotatable bonds is 4. The van der Waals surface area contributed by atoms with Crippen LogP contribution < -0.4 is 5.73 Å². The molecule has 18 heavy (non-hydrogen) atoms. The van der Waals surface area contributed by atoms with Crippen molar-refractivity contribution in [2.24, 2.45) is 5.73 Å². The van der Waals surface area contributed by atoms with Gasteiger partial charge in [-0.2, -0.15) is 0 Å². The number of likely N-dealkylation sites (N-methyl/N-ethyl adjacent to an activating group) is 1. The highest BCUT2D eigenvalue weighted by molar-refractivity contribution is 9.10. The maximum absolute atomic E-state index is 12.1. The molecule has 2 heterocycles. The normalized spacial score (nSPS) is 12.4. The zero-order chi connectivity index (χ0) is 13.1. The Hall–Kier alpha value is -1.11. The van der Waals surface area contributed by atoms with E-state index in [0.717, 1.165) is 10.6 Å². The number of carbonyl (C=O) groups is 1. The predicted octanol–water partition coefficient (Wildman–Crippen LogP) is 2.76. The second kappa shape index (κ2) is 5.69. The third-order valence-electron chi connectivity index (χ3n) is 2.51. The molecule has 0 bridgehead atoms. The molecule has 1 unspecified atom stereocenters. The molecule has 96 valence electrons. The van der Waals surface area contributed by atoms with Crippen molar-refractivity contribution in [3.63, 3.8) is 0 Å². The van der Waals surface area contributed by atoms with Crippen molar-refractivity contribution < 1.29 is 9.21 Å². The van der Waals surface area contributed by atoms with E-state index in [1.54, 1.807) is 18.0 Å². The van der Waals surface area contributed by atoms with Gasteiger partial charge in [-0.05, 0) is 39.5 Å². The van der Waals surface area contributed by atoms with E-state index in [4.69, 9.17) is 10.2 Å². The van der Waals surface area contributed by atoms with Gasteiger partial charge in [0.05, 0.1) is 6.54 Å². The van der Waals surface area contributed by atoms with Gasteiger partial charge in [0, 0.05) is 11.9 Å². The van der Waals surface area contributed by atoms with Crippen molar-refractivity contribution in [3.05, 3.63) is 45.0 Å². The monoisotopic (exact) mass is 328 g/mol. The fourth-order valence-electron chi connectivity index (χ4n) is 1.58. The van der Waals surface area contributed by atoms with Crippen LogP contribution in [-0.4, -0.2) is 17.9 Å². The number of amides is 1. The molecule has 0 aliphatic carbocycles. The van der Waals surface area contributed by atoms with Crippen LogP contribution in [0.5, 0.6) is 0 Å². The van der Waals surface area contributed by atoms with Crippen LogP contribution in [0, 0.1) is 0 Å². The van der Waals surface area contributed by atoms with Crippen molar-refractivity contribution in [1.82, 2.24) is 4.90 Å². The largest absolute Gasteiger partial charge is 0.452 e. The van der Waals surface area contributed by atoms with Gasteiger partial charge in [0.2, 0.25) is 5.91 Å². The minimum absolute atomic E-state index is 0.120. The third kappa shape index (κ3) is 3.01. The summed E-state index contributed by atoms with van der Waals surface area (Å²) < 4.78 is 6.01. The lowest BCUT2D eigenvalue weighted by atomic mass is 10.2. The molecule has 2 aromatic rings. The smallest absolute Gasteiger partial charge is 0.245 e. The number of thiophene rings is 1. The SMILES string of the molecule is CN(Cc1ccc(Br)o1)C(=O)C(N)c1cccs1. The topological polar surface area (TPSA) is 59.5 Å². The molecule has 0 aliphatic heterocycles. The van der Waals surface area contributed by atoms with E-state index in [2.05, 4.69) is 15.9 Å². The summed E-state index contributed by atoms with van der Waals surface area (Å²) >= 11 is 4.71. The Morgan fingerprint density at radius 2 is 2.33 bits per heavy atom. The van der Waals surface area contributed by atoms with E-state index in [9.17, 15) is 4.79 Å². The molecule has 4 nitrogen and oxygen atoms in total. The second-order valence-electron chi connectivity index (χ2n) is 3.89. The standard InChI is InChI=1S/C12H13BrN2O2S/c1-15(7-8-4-5-10(13)17-8)12(16)11(14)9-3-2-6-18-9/h2-6,11H,7,14H2,1H3. The molecule has 1 amide bonds. The Morgan fingerprint density at radius 1 is 1.56 bits per heavy atom. The fourth-order valence-corrected chi connectivity index (χ4v) is 2.63. The van der Waals surface area contributed by atoms with Gasteiger partial charge in [-0.15, -0.1) is 11.3 Å². The minimum Gasteiger partial charge on any atom is -0.452 e. The minimum atomic E-state index is -0.603. The lowest BCUT2D eigenvalue weighted by Gasteiger charge is -2.19. The van der Waals surface area contributed by atoms with Crippen LogP contribution in [0.4, 0.5) is 0 Å². The number of halogens is 1. The highest BCUT2D eigenvalue weighted by atomic mass is 79.9. The highest BCUT2D eigenvalue weighted by Gasteiger charge is 2.21. The van der Waals surface area contributed by atoms with E-state index in [1.165, 1.54) is 11.3 Å². The quantitative estimate of drug-likeness (QED) is 0.938. The zero-order valence-corrected chi connectivity index (χ0v) is 12.2. The van der Waals surface area contributed by atoms with Crippen molar-refractivity contribution in [1.29, 1.82) is 0 Å². The van der Waals surface area contributed by atoms with E-state index in [1.807, 2.05) is 23.6 Å². The Bertz CT molecular complexity index is 524. The van der Waals surface area contributed by atoms with E-state index in [-0.39, 0.29) is 5.91 Å². The Balaban J connectivity index is 2.00. The summed E-state index contributed by atoms with van der Waals surface area (Å²) in [6, 6.07) is 6.77. The Morgan fingerprint density at radius 3 is 2.89 bits per heavy atom. The van der Waals surface area contributed by atoms with Crippen molar-refractivity contribution in [2.45, 2.75) is 12.6 Å². The number of nitrogens with zero attached hydrogens (tertiary/aromatic N) is 1. The summed E-state index contributed by atoms with van der Waals surface area (Å²) in [6.07, 6.45) is 0. The van der Waals surface area contributed by atoms with Gasteiger partial charge < -0.3 is 15.1 Å². The van der Waals surface area contributed by atoms with E-state index >= 15 is 0 Å². The first kappa shape index (κ1) is 13.3. The van der Waals surface area contributed by atoms with Gasteiger partial charge in [0.15, 0.2) is 4.67 Å². The summed E-state index contributed by atoms with van der Waals surface area (Å²) in [5.41, 5.74) is 5.92. The van der Waals surface area contributed by atoms with Crippen molar-refractivity contribution in [3.8, 4) is 0 Å². The van der Waals surface area contributed by atoms with Gasteiger partial charge in [-0.25, -0.2) is 0 Å². The molecular formula is C12H13BrN2O2S. The maximum atomic E-state index is 12.1. The molecule has 0 saturated carbocycles. The van der Waals surface area contributed by atoms with E-state index in [0.29, 0.717) is 11.2 Å². The van der Waals surface area contributed by atoms with Crippen LogP contribution in [0.1, 0.15) is 16.7 Å². The number of furan rings is 1. The molecule has 2 rings (SSSR count). The molecule has 0 radical (unpaired) electrons. The summed E-state index contributed by atoms with van der Waals surface area (Å²) in [6.45, 7) is 0.406. The maximum Gasteiger partial charge on any atom is 0.245 e. The molecule has 0 saturated heterocycles. The molecule has 0 spiro atoms. The average Bonchev–Trinajstić information content (AvgIpc) is 2.98. The van der Waals surface area contributed by atoms with Gasteiger partial charge in [-0.3, -0.25) is 4.79 Å². The highest BCUT2D eigenvalue weighted by Crippen LogP contribution is 2.20. The molecule has 2 N–H and O–H groups in total. The number of hydrogen-bond acceptors (Lipinski definition) is 4. The summed E-state index contributed by atoms with van der Waals surface area (Å²) in [4.78, 5) is 14.5. The van der Waals surface area contributed by atoms with Gasteiger partial charge in [0.25, 0.3) is 0 Å². The molecule has 1 atom stereocenters. The summed E-state index contributed by atoms with van der Waals surface area (Å²) in [5, 5.41) is 1.91. The van der Waals surface area contributed by atoms with Crippen molar-refractivity contribution in [2.75, 3.05) is 7.05 Å². The lowest BCUT2D eigenvalue weighted by molar-refractivity contribution is -0.132.